The lowest BCUT2D eigenvalue weighted by atomic mass is 10.2. The highest BCUT2D eigenvalue weighted by Crippen LogP contribution is 2.22. The molecule has 1 heterocycles. The standard InChI is InChI=1S/C13H27N3/c1-2-16(13-5-3-4-6-13)12-11-15-9-7-14-8-10-15/h13-14H,2-12H2,1H3. The lowest BCUT2D eigenvalue weighted by Gasteiger charge is -2.32. The third kappa shape index (κ3) is 3.44. The van der Waals surface area contributed by atoms with Crippen molar-refractivity contribution in [2.24, 2.45) is 0 Å². The van der Waals surface area contributed by atoms with Crippen LogP contribution < -0.4 is 5.32 Å². The van der Waals surface area contributed by atoms with E-state index < -0.39 is 0 Å². The van der Waals surface area contributed by atoms with Crippen LogP contribution in [0, 0.1) is 0 Å². The van der Waals surface area contributed by atoms with Crippen LogP contribution in [0.5, 0.6) is 0 Å². The molecule has 16 heavy (non-hydrogen) atoms. The summed E-state index contributed by atoms with van der Waals surface area (Å²) in [5, 5.41) is 3.42. The van der Waals surface area contributed by atoms with Crippen molar-refractivity contribution >= 4 is 0 Å². The third-order valence-electron chi connectivity index (χ3n) is 4.16. The zero-order valence-electron chi connectivity index (χ0n) is 10.7. The van der Waals surface area contributed by atoms with E-state index in [2.05, 4.69) is 22.0 Å². The monoisotopic (exact) mass is 225 g/mol. The molecule has 0 unspecified atom stereocenters. The molecule has 0 radical (unpaired) electrons. The van der Waals surface area contributed by atoms with Crippen molar-refractivity contribution < 1.29 is 0 Å². The van der Waals surface area contributed by atoms with Gasteiger partial charge in [-0.1, -0.05) is 19.8 Å². The maximum absolute atomic E-state index is 3.42. The first-order valence-corrected chi connectivity index (χ1v) is 7.07. The molecule has 2 rings (SSSR count). The molecule has 1 saturated heterocycles. The van der Waals surface area contributed by atoms with E-state index >= 15 is 0 Å². The molecule has 0 amide bonds. The van der Waals surface area contributed by atoms with E-state index in [9.17, 15) is 0 Å². The SMILES string of the molecule is CCN(CCN1CCNCC1)C1CCCC1. The quantitative estimate of drug-likeness (QED) is 0.757. The average Bonchev–Trinajstić information content (AvgIpc) is 2.85. The second-order valence-corrected chi connectivity index (χ2v) is 5.16. The minimum atomic E-state index is 0.896. The third-order valence-corrected chi connectivity index (χ3v) is 4.16. The lowest BCUT2D eigenvalue weighted by molar-refractivity contribution is 0.159. The van der Waals surface area contributed by atoms with Crippen molar-refractivity contribution in [3.63, 3.8) is 0 Å². The van der Waals surface area contributed by atoms with Crippen molar-refractivity contribution in [3.8, 4) is 0 Å². The summed E-state index contributed by atoms with van der Waals surface area (Å²) in [6, 6.07) is 0.896. The second kappa shape index (κ2) is 6.58. The lowest BCUT2D eigenvalue weighted by Crippen LogP contribution is -2.47. The minimum absolute atomic E-state index is 0.896. The van der Waals surface area contributed by atoms with Gasteiger partial charge in [-0.3, -0.25) is 9.80 Å². The van der Waals surface area contributed by atoms with Gasteiger partial charge in [0.05, 0.1) is 0 Å². The van der Waals surface area contributed by atoms with Crippen LogP contribution >= 0.6 is 0 Å². The van der Waals surface area contributed by atoms with Gasteiger partial charge in [0.25, 0.3) is 0 Å². The van der Waals surface area contributed by atoms with Gasteiger partial charge in [0, 0.05) is 45.3 Å². The number of nitrogens with one attached hydrogen (secondary N) is 1. The maximum atomic E-state index is 3.42. The summed E-state index contributed by atoms with van der Waals surface area (Å²) >= 11 is 0. The predicted molar refractivity (Wildman–Crippen MR) is 68.8 cm³/mol. The van der Waals surface area contributed by atoms with Gasteiger partial charge in [-0.2, -0.15) is 0 Å². The van der Waals surface area contributed by atoms with Gasteiger partial charge >= 0.3 is 0 Å². The van der Waals surface area contributed by atoms with E-state index in [1.165, 1.54) is 71.5 Å². The Hall–Kier alpha value is -0.120. The summed E-state index contributed by atoms with van der Waals surface area (Å²) < 4.78 is 0. The summed E-state index contributed by atoms with van der Waals surface area (Å²) in [5.41, 5.74) is 0. The van der Waals surface area contributed by atoms with E-state index in [0.717, 1.165) is 6.04 Å². The zero-order chi connectivity index (χ0) is 11.2. The predicted octanol–water partition coefficient (Wildman–Crippen LogP) is 1.16. The van der Waals surface area contributed by atoms with E-state index in [-0.39, 0.29) is 0 Å². The molecule has 0 aromatic heterocycles. The smallest absolute Gasteiger partial charge is 0.0112 e. The molecular formula is C13H27N3. The van der Waals surface area contributed by atoms with E-state index in [1.54, 1.807) is 0 Å². The summed E-state index contributed by atoms with van der Waals surface area (Å²) in [7, 11) is 0. The highest BCUT2D eigenvalue weighted by molar-refractivity contribution is 4.78. The Balaban J connectivity index is 1.69. The molecule has 2 fully saturated rings. The van der Waals surface area contributed by atoms with Gasteiger partial charge in [0.2, 0.25) is 0 Å². The number of likely N-dealkylation sites (N-methyl/N-ethyl adjacent to an activating group) is 1. The molecule has 0 atom stereocenters. The second-order valence-electron chi connectivity index (χ2n) is 5.16. The molecule has 0 bridgehead atoms. The molecule has 3 nitrogen and oxygen atoms in total. The maximum Gasteiger partial charge on any atom is 0.0112 e. The topological polar surface area (TPSA) is 18.5 Å². The summed E-state index contributed by atoms with van der Waals surface area (Å²) in [5.74, 6) is 0. The largest absolute Gasteiger partial charge is 0.314 e. The average molecular weight is 225 g/mol. The summed E-state index contributed by atoms with van der Waals surface area (Å²) in [6.45, 7) is 10.9. The van der Waals surface area contributed by atoms with Gasteiger partial charge in [-0.05, 0) is 19.4 Å². The fourth-order valence-corrected chi connectivity index (χ4v) is 3.07. The first-order valence-electron chi connectivity index (χ1n) is 7.07. The van der Waals surface area contributed by atoms with Crippen molar-refractivity contribution in [2.75, 3.05) is 45.8 Å². The van der Waals surface area contributed by atoms with Crippen LogP contribution in [0.3, 0.4) is 0 Å². The van der Waals surface area contributed by atoms with Gasteiger partial charge in [-0.25, -0.2) is 0 Å². The summed E-state index contributed by atoms with van der Waals surface area (Å²) in [6.07, 6.45) is 5.79. The van der Waals surface area contributed by atoms with Crippen molar-refractivity contribution in [3.05, 3.63) is 0 Å². The Bertz CT molecular complexity index is 184. The molecule has 0 aromatic carbocycles. The van der Waals surface area contributed by atoms with Crippen molar-refractivity contribution in [2.45, 2.75) is 38.6 Å². The minimum Gasteiger partial charge on any atom is -0.314 e. The molecule has 0 aromatic rings. The van der Waals surface area contributed by atoms with Crippen LogP contribution in [-0.4, -0.2) is 61.7 Å². The van der Waals surface area contributed by atoms with Crippen LogP contribution in [0.2, 0.25) is 0 Å². The zero-order valence-corrected chi connectivity index (χ0v) is 10.7. The Morgan fingerprint density at radius 3 is 2.50 bits per heavy atom. The molecule has 1 aliphatic carbocycles. The van der Waals surface area contributed by atoms with E-state index in [1.807, 2.05) is 0 Å². The van der Waals surface area contributed by atoms with Gasteiger partial charge in [0.15, 0.2) is 0 Å². The highest BCUT2D eigenvalue weighted by Gasteiger charge is 2.21. The molecule has 3 heteroatoms. The molecular weight excluding hydrogens is 198 g/mol. The summed E-state index contributed by atoms with van der Waals surface area (Å²) in [4.78, 5) is 5.31. The fraction of sp³-hybridized carbons (Fsp3) is 1.00. The van der Waals surface area contributed by atoms with Crippen LogP contribution in [0.4, 0.5) is 0 Å². The Morgan fingerprint density at radius 1 is 1.19 bits per heavy atom. The van der Waals surface area contributed by atoms with E-state index in [0.29, 0.717) is 0 Å². The normalized spacial score (nSPS) is 24.4. The van der Waals surface area contributed by atoms with Crippen LogP contribution in [0.15, 0.2) is 0 Å². The first-order chi connectivity index (χ1) is 7.90. The highest BCUT2D eigenvalue weighted by atomic mass is 15.2. The number of rotatable bonds is 5. The fourth-order valence-electron chi connectivity index (χ4n) is 3.07. The van der Waals surface area contributed by atoms with Crippen LogP contribution in [0.1, 0.15) is 32.6 Å². The van der Waals surface area contributed by atoms with Gasteiger partial charge in [-0.15, -0.1) is 0 Å². The van der Waals surface area contributed by atoms with Gasteiger partial charge < -0.3 is 5.32 Å². The molecule has 1 aliphatic heterocycles. The van der Waals surface area contributed by atoms with Gasteiger partial charge in [0.1, 0.15) is 0 Å². The molecule has 1 saturated carbocycles. The van der Waals surface area contributed by atoms with Crippen LogP contribution in [-0.2, 0) is 0 Å². The van der Waals surface area contributed by atoms with Crippen LogP contribution in [0.25, 0.3) is 0 Å². The number of hydrogen-bond donors (Lipinski definition) is 1. The Labute approximate surface area is 100 Å². The number of nitrogens with zero attached hydrogens (tertiary/aromatic N) is 2. The first kappa shape index (κ1) is 12.3. The van der Waals surface area contributed by atoms with E-state index in [4.69, 9.17) is 0 Å². The van der Waals surface area contributed by atoms with Crippen molar-refractivity contribution in [1.29, 1.82) is 0 Å². The molecule has 0 spiro atoms. The number of piperazine rings is 1. The molecule has 94 valence electrons. The Morgan fingerprint density at radius 2 is 1.88 bits per heavy atom. The van der Waals surface area contributed by atoms with Crippen molar-refractivity contribution in [1.82, 2.24) is 15.1 Å². The number of hydrogen-bond acceptors (Lipinski definition) is 3. The molecule has 2 aliphatic rings. The Kier molecular flexibility index (Phi) is 5.07. The molecule has 1 N–H and O–H groups in total.